The number of hydrogen-bond donors (Lipinski definition) is 1. The number of halogens is 3. The van der Waals surface area contributed by atoms with Gasteiger partial charge in [-0.05, 0) is 67.6 Å². The largest absolute Gasteiger partial charge is 0.323 e. The molecular weight excluding hydrogens is 500 g/mol. The Morgan fingerprint density at radius 2 is 1.91 bits per heavy atom. The first kappa shape index (κ1) is 23.0. The number of anilines is 1. The van der Waals surface area contributed by atoms with E-state index >= 15 is 0 Å². The molecule has 0 aliphatic heterocycles. The molecule has 2 aromatic carbocycles. The molecule has 1 N–H and O–H groups in total. The zero-order valence-electron chi connectivity index (χ0n) is 17.7. The summed E-state index contributed by atoms with van der Waals surface area (Å²) in [6.45, 7) is 0. The van der Waals surface area contributed by atoms with Gasteiger partial charge in [-0.15, -0.1) is 11.3 Å². The Balaban J connectivity index is 1.51. The number of aromatic nitrogens is 2. The van der Waals surface area contributed by atoms with E-state index in [0.717, 1.165) is 55.1 Å². The molecule has 0 bridgehead atoms. The lowest BCUT2D eigenvalue weighted by Crippen LogP contribution is -2.23. The number of thioether (sulfide) groups is 1. The number of carbonyl (C=O) groups is 1. The summed E-state index contributed by atoms with van der Waals surface area (Å²) >= 11 is 8.64. The van der Waals surface area contributed by atoms with Crippen molar-refractivity contribution in [1.82, 2.24) is 9.55 Å². The Bertz CT molecular complexity index is 1470. The van der Waals surface area contributed by atoms with Crippen LogP contribution in [0.15, 0.2) is 52.4 Å². The number of rotatable bonds is 5. The van der Waals surface area contributed by atoms with Crippen LogP contribution in [0.3, 0.4) is 0 Å². The molecule has 34 heavy (non-hydrogen) atoms. The molecule has 1 aliphatic rings. The number of nitrogens with zero attached hydrogens (tertiary/aromatic N) is 2. The zero-order chi connectivity index (χ0) is 23.8. The Hall–Kier alpha value is -2.75. The van der Waals surface area contributed by atoms with Gasteiger partial charge in [-0.25, -0.2) is 13.8 Å². The lowest BCUT2D eigenvalue weighted by atomic mass is 9.97. The molecule has 0 spiro atoms. The van der Waals surface area contributed by atoms with Gasteiger partial charge in [-0.3, -0.25) is 14.2 Å². The van der Waals surface area contributed by atoms with Crippen LogP contribution < -0.4 is 10.9 Å². The third kappa shape index (κ3) is 4.47. The van der Waals surface area contributed by atoms with E-state index in [9.17, 15) is 18.4 Å². The first-order chi connectivity index (χ1) is 16.4. The fourth-order valence-corrected chi connectivity index (χ4v) is 6.25. The van der Waals surface area contributed by atoms with E-state index in [1.165, 1.54) is 20.8 Å². The van der Waals surface area contributed by atoms with Crippen LogP contribution in [0.2, 0.25) is 5.02 Å². The Morgan fingerprint density at radius 1 is 1.15 bits per heavy atom. The van der Waals surface area contributed by atoms with Crippen molar-refractivity contribution in [3.63, 3.8) is 0 Å². The topological polar surface area (TPSA) is 64.0 Å². The van der Waals surface area contributed by atoms with Gasteiger partial charge in [-0.1, -0.05) is 23.4 Å². The normalized spacial score (nSPS) is 13.1. The van der Waals surface area contributed by atoms with Crippen LogP contribution in [0.4, 0.5) is 14.5 Å². The van der Waals surface area contributed by atoms with Crippen LogP contribution >= 0.6 is 34.7 Å². The second kappa shape index (κ2) is 9.48. The van der Waals surface area contributed by atoms with Gasteiger partial charge >= 0.3 is 0 Å². The van der Waals surface area contributed by atoms with Crippen LogP contribution in [0, 0.1) is 11.6 Å². The van der Waals surface area contributed by atoms with Crippen molar-refractivity contribution >= 4 is 56.5 Å². The maximum absolute atomic E-state index is 13.9. The number of amides is 1. The maximum atomic E-state index is 13.9. The van der Waals surface area contributed by atoms with Gasteiger partial charge in [0.25, 0.3) is 5.56 Å². The number of benzene rings is 2. The van der Waals surface area contributed by atoms with Gasteiger partial charge in [0.05, 0.1) is 22.5 Å². The second-order valence-corrected chi connectivity index (χ2v) is 10.3. The lowest BCUT2D eigenvalue weighted by molar-refractivity contribution is -0.113. The first-order valence-corrected chi connectivity index (χ1v) is 12.8. The highest BCUT2D eigenvalue weighted by Gasteiger charge is 2.23. The van der Waals surface area contributed by atoms with E-state index in [-0.39, 0.29) is 17.0 Å². The molecule has 5 rings (SSSR count). The minimum atomic E-state index is -0.861. The van der Waals surface area contributed by atoms with E-state index in [4.69, 9.17) is 16.6 Å². The molecular formula is C24H18ClF2N3O2S2. The number of nitrogens with one attached hydrogen (secondary N) is 1. The van der Waals surface area contributed by atoms with Gasteiger partial charge in [0, 0.05) is 16.0 Å². The summed E-state index contributed by atoms with van der Waals surface area (Å²) < 4.78 is 28.5. The fourth-order valence-electron chi connectivity index (χ4n) is 4.01. The molecule has 5 nitrogen and oxygen atoms in total. The summed E-state index contributed by atoms with van der Waals surface area (Å²) in [4.78, 5) is 32.8. The van der Waals surface area contributed by atoms with Crippen LogP contribution in [0.1, 0.15) is 23.3 Å². The molecule has 0 radical (unpaired) electrons. The van der Waals surface area contributed by atoms with E-state index in [1.54, 1.807) is 24.3 Å². The van der Waals surface area contributed by atoms with Crippen LogP contribution in [-0.2, 0) is 17.6 Å². The van der Waals surface area contributed by atoms with Crippen molar-refractivity contribution in [2.75, 3.05) is 11.1 Å². The Morgan fingerprint density at radius 3 is 2.68 bits per heavy atom. The first-order valence-electron chi connectivity index (χ1n) is 10.6. The number of aryl methyl sites for hydroxylation is 2. The summed E-state index contributed by atoms with van der Waals surface area (Å²) in [5.41, 5.74) is 1.37. The van der Waals surface area contributed by atoms with Crippen LogP contribution in [0.25, 0.3) is 15.9 Å². The van der Waals surface area contributed by atoms with E-state index in [0.29, 0.717) is 32.1 Å². The van der Waals surface area contributed by atoms with Crippen molar-refractivity contribution in [3.8, 4) is 5.69 Å². The highest BCUT2D eigenvalue weighted by Crippen LogP contribution is 2.35. The molecule has 0 unspecified atom stereocenters. The van der Waals surface area contributed by atoms with Crippen molar-refractivity contribution in [1.29, 1.82) is 0 Å². The standard InChI is InChI=1S/C24H18ClF2N3O2S2/c25-13-5-8-15(9-6-13)30-23(32)21-16-3-1-2-4-19(16)34-22(21)29-24(30)33-12-20(31)28-18-10-7-14(26)11-17(18)27/h5-11H,1-4,12H2,(H,28,31). The predicted molar refractivity (Wildman–Crippen MR) is 133 cm³/mol. The summed E-state index contributed by atoms with van der Waals surface area (Å²) in [7, 11) is 0. The van der Waals surface area contributed by atoms with Crippen molar-refractivity contribution in [2.45, 2.75) is 30.8 Å². The molecule has 0 fully saturated rings. The molecule has 0 atom stereocenters. The average molecular weight is 518 g/mol. The van der Waals surface area contributed by atoms with Crippen LogP contribution in [0.5, 0.6) is 0 Å². The summed E-state index contributed by atoms with van der Waals surface area (Å²) in [6, 6.07) is 9.77. The Labute approximate surface area is 206 Å². The quantitative estimate of drug-likeness (QED) is 0.261. The minimum Gasteiger partial charge on any atom is -0.323 e. The van der Waals surface area contributed by atoms with E-state index < -0.39 is 17.5 Å². The van der Waals surface area contributed by atoms with Gasteiger partial charge in [0.1, 0.15) is 16.5 Å². The van der Waals surface area contributed by atoms with Gasteiger partial charge in [-0.2, -0.15) is 0 Å². The summed E-state index contributed by atoms with van der Waals surface area (Å²) in [5.74, 6) is -2.21. The summed E-state index contributed by atoms with van der Waals surface area (Å²) in [5, 5.41) is 3.96. The second-order valence-electron chi connectivity index (χ2n) is 7.86. The minimum absolute atomic E-state index is 0.114. The maximum Gasteiger partial charge on any atom is 0.267 e. The van der Waals surface area contributed by atoms with Crippen molar-refractivity contribution < 1.29 is 13.6 Å². The smallest absolute Gasteiger partial charge is 0.267 e. The molecule has 0 saturated carbocycles. The fraction of sp³-hybridized carbons (Fsp3) is 0.208. The third-order valence-corrected chi connectivity index (χ3v) is 7.96. The number of fused-ring (bicyclic) bond motifs is 3. The SMILES string of the molecule is O=C(CSc1nc2sc3c(c2c(=O)n1-c1ccc(Cl)cc1)CCCC3)Nc1ccc(F)cc1F. The summed E-state index contributed by atoms with van der Waals surface area (Å²) in [6.07, 6.45) is 3.92. The average Bonchev–Trinajstić information content (AvgIpc) is 3.19. The van der Waals surface area contributed by atoms with E-state index in [1.807, 2.05) is 0 Å². The van der Waals surface area contributed by atoms with E-state index in [2.05, 4.69) is 5.32 Å². The highest BCUT2D eigenvalue weighted by atomic mass is 35.5. The van der Waals surface area contributed by atoms with Gasteiger partial charge in [0.15, 0.2) is 5.16 Å². The third-order valence-electron chi connectivity index (χ3n) is 5.58. The molecule has 174 valence electrons. The molecule has 2 heterocycles. The molecule has 4 aromatic rings. The Kier molecular flexibility index (Phi) is 6.42. The lowest BCUT2D eigenvalue weighted by Gasteiger charge is -2.14. The van der Waals surface area contributed by atoms with Crippen molar-refractivity contribution in [2.24, 2.45) is 0 Å². The van der Waals surface area contributed by atoms with Crippen LogP contribution in [-0.4, -0.2) is 21.2 Å². The number of thiophene rings is 1. The molecule has 0 saturated heterocycles. The monoisotopic (exact) mass is 517 g/mol. The highest BCUT2D eigenvalue weighted by molar-refractivity contribution is 7.99. The van der Waals surface area contributed by atoms with Gasteiger partial charge in [0.2, 0.25) is 5.91 Å². The number of carbonyl (C=O) groups excluding carboxylic acids is 1. The molecule has 2 aromatic heterocycles. The molecule has 10 heteroatoms. The predicted octanol–water partition coefficient (Wildman–Crippen LogP) is 5.99. The van der Waals surface area contributed by atoms with Gasteiger partial charge < -0.3 is 5.32 Å². The number of hydrogen-bond acceptors (Lipinski definition) is 5. The van der Waals surface area contributed by atoms with Crippen molar-refractivity contribution in [3.05, 3.63) is 79.9 Å². The zero-order valence-corrected chi connectivity index (χ0v) is 20.1. The molecule has 1 aliphatic carbocycles. The molecule has 1 amide bonds.